The number of pyridine rings is 1. The third-order valence-corrected chi connectivity index (χ3v) is 5.75. The van der Waals surface area contributed by atoms with Crippen LogP contribution in [0.4, 0.5) is 16.2 Å². The lowest BCUT2D eigenvalue weighted by molar-refractivity contribution is 0.629. The van der Waals surface area contributed by atoms with Crippen LogP contribution >= 0.6 is 0 Å². The summed E-state index contributed by atoms with van der Waals surface area (Å²) in [6.07, 6.45) is 2.16. The smallest absolute Gasteiger partial charge is 0.263 e. The van der Waals surface area contributed by atoms with Crippen LogP contribution in [0.3, 0.4) is 0 Å². The number of hydrogen-bond donors (Lipinski definition) is 3. The Bertz CT molecular complexity index is 1560. The van der Waals surface area contributed by atoms with Gasteiger partial charge >= 0.3 is 0 Å². The summed E-state index contributed by atoms with van der Waals surface area (Å²) in [5.74, 6) is 0.133. The van der Waals surface area contributed by atoms with Gasteiger partial charge in [-0.3, -0.25) is 9.36 Å². The van der Waals surface area contributed by atoms with E-state index in [9.17, 15) is 9.18 Å². The van der Waals surface area contributed by atoms with Crippen LogP contribution in [0.25, 0.3) is 27.6 Å². The molecule has 0 spiro atoms. The Morgan fingerprint density at radius 3 is 2.79 bits per heavy atom. The van der Waals surface area contributed by atoms with E-state index in [0.717, 1.165) is 16.9 Å². The van der Waals surface area contributed by atoms with E-state index in [1.807, 2.05) is 44.2 Å². The molecule has 2 aromatic carbocycles. The molecule has 166 valence electrons. The normalized spacial score (nSPS) is 12.3. The van der Waals surface area contributed by atoms with Crippen LogP contribution in [0.5, 0.6) is 0 Å². The number of aromatic nitrogens is 5. The average molecular weight is 443 g/mol. The summed E-state index contributed by atoms with van der Waals surface area (Å²) in [5, 5.41) is 4.39. The number of H-pyrrole nitrogens is 1. The molecule has 0 aliphatic carbocycles. The van der Waals surface area contributed by atoms with Crippen molar-refractivity contribution in [1.29, 1.82) is 0 Å². The number of nitrogens with zero attached hydrogens (tertiary/aromatic N) is 4. The summed E-state index contributed by atoms with van der Waals surface area (Å²) in [6.45, 7) is 3.95. The molecule has 0 radical (unpaired) electrons. The van der Waals surface area contributed by atoms with Crippen molar-refractivity contribution in [3.05, 3.63) is 82.3 Å². The molecule has 3 aromatic heterocycles. The zero-order chi connectivity index (χ0) is 23.1. The number of benzene rings is 2. The number of anilines is 2. The van der Waals surface area contributed by atoms with Crippen LogP contribution in [0.2, 0.25) is 0 Å². The number of aryl methyl sites for hydroxylation is 1. The molecule has 0 bridgehead atoms. The Hall–Kier alpha value is -4.27. The first kappa shape index (κ1) is 20.6. The van der Waals surface area contributed by atoms with Gasteiger partial charge in [-0.1, -0.05) is 31.2 Å². The van der Waals surface area contributed by atoms with Crippen molar-refractivity contribution in [1.82, 2.24) is 24.5 Å². The number of nitrogens with two attached hydrogens (primary N) is 1. The molecule has 8 nitrogen and oxygen atoms in total. The first-order chi connectivity index (χ1) is 16.0. The molecule has 0 aliphatic heterocycles. The van der Waals surface area contributed by atoms with E-state index in [0.29, 0.717) is 34.2 Å². The number of imidazole rings is 1. The minimum absolute atomic E-state index is 0.0947. The second kappa shape index (κ2) is 8.01. The van der Waals surface area contributed by atoms with Crippen molar-refractivity contribution in [3.8, 4) is 5.69 Å². The average Bonchev–Trinajstić information content (AvgIpc) is 3.27. The first-order valence-electron chi connectivity index (χ1n) is 10.6. The molecule has 33 heavy (non-hydrogen) atoms. The Kier molecular flexibility index (Phi) is 5.01. The lowest BCUT2D eigenvalue weighted by atomic mass is 10.0. The summed E-state index contributed by atoms with van der Waals surface area (Å²) in [5.41, 5.74) is 9.05. The largest absolute Gasteiger partial charge is 0.368 e. The molecule has 9 heteroatoms. The molecular formula is C24H22FN7O. The van der Waals surface area contributed by atoms with Crippen molar-refractivity contribution in [2.75, 3.05) is 11.1 Å². The van der Waals surface area contributed by atoms with Gasteiger partial charge in [0.2, 0.25) is 5.95 Å². The van der Waals surface area contributed by atoms with E-state index in [1.165, 1.54) is 18.5 Å². The zero-order valence-electron chi connectivity index (χ0n) is 18.1. The van der Waals surface area contributed by atoms with Crippen LogP contribution < -0.4 is 16.6 Å². The van der Waals surface area contributed by atoms with Crippen molar-refractivity contribution in [3.63, 3.8) is 0 Å². The van der Waals surface area contributed by atoms with E-state index in [1.54, 1.807) is 10.6 Å². The van der Waals surface area contributed by atoms with Crippen LogP contribution in [0.15, 0.2) is 59.7 Å². The molecule has 0 unspecified atom stereocenters. The monoisotopic (exact) mass is 443 g/mol. The summed E-state index contributed by atoms with van der Waals surface area (Å²) in [6, 6.07) is 13.5. The van der Waals surface area contributed by atoms with Gasteiger partial charge in [0.1, 0.15) is 11.3 Å². The van der Waals surface area contributed by atoms with Gasteiger partial charge in [0.25, 0.3) is 5.56 Å². The molecule has 0 saturated carbocycles. The molecule has 5 aromatic rings. The van der Waals surface area contributed by atoms with E-state index < -0.39 is 5.82 Å². The number of hydrogen-bond acceptors (Lipinski definition) is 6. The highest BCUT2D eigenvalue weighted by atomic mass is 19.1. The summed E-state index contributed by atoms with van der Waals surface area (Å²) >= 11 is 0. The summed E-state index contributed by atoms with van der Waals surface area (Å²) < 4.78 is 15.6. The van der Waals surface area contributed by atoms with Crippen LogP contribution in [-0.4, -0.2) is 24.5 Å². The maximum atomic E-state index is 14.0. The molecule has 3 heterocycles. The van der Waals surface area contributed by atoms with Crippen LogP contribution in [0, 0.1) is 12.7 Å². The number of aromatic amines is 1. The van der Waals surface area contributed by atoms with Crippen LogP contribution in [0.1, 0.15) is 30.6 Å². The number of fused-ring (bicyclic) bond motifs is 2. The standard InChI is InChI=1S/C24H22FN7O/c1-3-17(29-22-20-21(28-12-27-20)30-24(26)31-22)19-10-14-8-9-15(25)11-16(14)23(33)32(19)18-7-5-4-6-13(18)2/h4-12,17H,3H2,1-2H3,(H4,26,27,28,29,30,31)/t17-/m1/s1. The molecule has 0 fully saturated rings. The fourth-order valence-electron chi connectivity index (χ4n) is 4.13. The van der Waals surface area contributed by atoms with E-state index in [-0.39, 0.29) is 17.5 Å². The Morgan fingerprint density at radius 1 is 1.18 bits per heavy atom. The minimum atomic E-state index is -0.452. The number of halogens is 1. The lowest BCUT2D eigenvalue weighted by Crippen LogP contribution is -2.27. The number of nitrogen functional groups attached to an aromatic ring is 1. The Balaban J connectivity index is 1.75. The lowest BCUT2D eigenvalue weighted by Gasteiger charge is -2.24. The molecule has 4 N–H and O–H groups in total. The molecule has 1 atom stereocenters. The van der Waals surface area contributed by atoms with Gasteiger partial charge in [-0.2, -0.15) is 9.97 Å². The summed E-state index contributed by atoms with van der Waals surface area (Å²) in [4.78, 5) is 29.3. The molecular weight excluding hydrogens is 421 g/mol. The third kappa shape index (κ3) is 3.57. The van der Waals surface area contributed by atoms with Gasteiger partial charge in [0.15, 0.2) is 11.5 Å². The van der Waals surface area contributed by atoms with Crippen molar-refractivity contribution in [2.24, 2.45) is 0 Å². The van der Waals surface area contributed by atoms with Gasteiger partial charge in [-0.15, -0.1) is 0 Å². The summed E-state index contributed by atoms with van der Waals surface area (Å²) in [7, 11) is 0. The predicted octanol–water partition coefficient (Wildman–Crippen LogP) is 4.25. The van der Waals surface area contributed by atoms with Gasteiger partial charge in [0, 0.05) is 5.69 Å². The minimum Gasteiger partial charge on any atom is -0.368 e. The highest BCUT2D eigenvalue weighted by molar-refractivity contribution is 5.85. The molecule has 0 aliphatic rings. The van der Waals surface area contributed by atoms with Gasteiger partial charge < -0.3 is 16.0 Å². The number of rotatable bonds is 5. The highest BCUT2D eigenvalue weighted by Gasteiger charge is 2.21. The second-order valence-corrected chi connectivity index (χ2v) is 7.86. The number of para-hydroxylation sites is 1. The fraction of sp³-hybridized carbons (Fsp3) is 0.167. The maximum Gasteiger partial charge on any atom is 0.263 e. The van der Waals surface area contributed by atoms with Gasteiger partial charge in [-0.25, -0.2) is 9.37 Å². The molecule has 0 amide bonds. The predicted molar refractivity (Wildman–Crippen MR) is 127 cm³/mol. The second-order valence-electron chi connectivity index (χ2n) is 7.86. The quantitative estimate of drug-likeness (QED) is 0.374. The maximum absolute atomic E-state index is 14.0. The van der Waals surface area contributed by atoms with E-state index in [2.05, 4.69) is 25.3 Å². The van der Waals surface area contributed by atoms with Crippen molar-refractivity contribution < 1.29 is 4.39 Å². The van der Waals surface area contributed by atoms with E-state index >= 15 is 0 Å². The SMILES string of the molecule is CC[C@@H](Nc1nc(N)nc2nc[nH]c12)c1cc2ccc(F)cc2c(=O)n1-c1ccccc1C. The Labute approximate surface area is 188 Å². The Morgan fingerprint density at radius 2 is 2.00 bits per heavy atom. The van der Waals surface area contributed by atoms with Gasteiger partial charge in [0.05, 0.1) is 23.4 Å². The molecule has 5 rings (SSSR count). The fourth-order valence-corrected chi connectivity index (χ4v) is 4.13. The van der Waals surface area contributed by atoms with E-state index in [4.69, 9.17) is 5.73 Å². The van der Waals surface area contributed by atoms with Crippen molar-refractivity contribution in [2.45, 2.75) is 26.3 Å². The third-order valence-electron chi connectivity index (χ3n) is 5.75. The topological polar surface area (TPSA) is 115 Å². The van der Waals surface area contributed by atoms with Crippen LogP contribution in [-0.2, 0) is 0 Å². The van der Waals surface area contributed by atoms with Gasteiger partial charge in [-0.05, 0) is 48.6 Å². The number of nitrogens with one attached hydrogen (secondary N) is 2. The highest BCUT2D eigenvalue weighted by Crippen LogP contribution is 2.29. The molecule has 0 saturated heterocycles. The first-order valence-corrected chi connectivity index (χ1v) is 10.6. The zero-order valence-corrected chi connectivity index (χ0v) is 18.1. The van der Waals surface area contributed by atoms with Crippen molar-refractivity contribution >= 4 is 33.7 Å².